The number of hydrogen-bond acceptors (Lipinski definition) is 4. The molecule has 5 nitrogen and oxygen atoms in total. The second kappa shape index (κ2) is 4.30. The Morgan fingerprint density at radius 3 is 2.75 bits per heavy atom. The van der Waals surface area contributed by atoms with Gasteiger partial charge in [-0.15, -0.1) is 0 Å². The van der Waals surface area contributed by atoms with Crippen LogP contribution in [0.25, 0.3) is 5.82 Å². The molecule has 0 fully saturated rings. The minimum Gasteiger partial charge on any atom is -0.370 e. The van der Waals surface area contributed by atoms with Crippen LogP contribution in [-0.2, 0) is 0 Å². The van der Waals surface area contributed by atoms with E-state index >= 15 is 0 Å². The first-order valence-electron chi connectivity index (χ1n) is 5.30. The number of anilines is 1. The van der Waals surface area contributed by atoms with Crippen LogP contribution >= 0.6 is 0 Å². The summed E-state index contributed by atoms with van der Waals surface area (Å²) in [5.74, 6) is 3.36. The molecule has 1 N–H and O–H groups in total. The lowest BCUT2D eigenvalue weighted by atomic mass is 10.4. The predicted octanol–water partition coefficient (Wildman–Crippen LogP) is 1.71. The molecule has 16 heavy (non-hydrogen) atoms. The molecule has 0 radical (unpaired) electrons. The molecule has 5 heteroatoms. The van der Waals surface area contributed by atoms with Gasteiger partial charge in [-0.2, -0.15) is 0 Å². The SMILES string of the molecule is CCNc1cc(-n2ccnc2C)nc(C)n1. The summed E-state index contributed by atoms with van der Waals surface area (Å²) in [4.78, 5) is 12.9. The van der Waals surface area contributed by atoms with Gasteiger partial charge in [-0.05, 0) is 20.8 Å². The van der Waals surface area contributed by atoms with Crippen LogP contribution in [0.3, 0.4) is 0 Å². The zero-order chi connectivity index (χ0) is 11.5. The molecular weight excluding hydrogens is 202 g/mol. The van der Waals surface area contributed by atoms with Crippen molar-refractivity contribution >= 4 is 5.82 Å². The van der Waals surface area contributed by atoms with E-state index in [1.54, 1.807) is 6.20 Å². The summed E-state index contributed by atoms with van der Waals surface area (Å²) in [5, 5.41) is 3.19. The molecule has 0 aliphatic heterocycles. The number of hydrogen-bond donors (Lipinski definition) is 1. The van der Waals surface area contributed by atoms with E-state index in [2.05, 4.69) is 20.3 Å². The smallest absolute Gasteiger partial charge is 0.143 e. The molecule has 0 unspecified atom stereocenters. The quantitative estimate of drug-likeness (QED) is 0.850. The molecule has 0 saturated heterocycles. The molecule has 0 aromatic carbocycles. The van der Waals surface area contributed by atoms with E-state index in [9.17, 15) is 0 Å². The summed E-state index contributed by atoms with van der Waals surface area (Å²) >= 11 is 0. The highest BCUT2D eigenvalue weighted by atomic mass is 15.1. The first-order valence-corrected chi connectivity index (χ1v) is 5.30. The van der Waals surface area contributed by atoms with Crippen molar-refractivity contribution in [1.29, 1.82) is 0 Å². The van der Waals surface area contributed by atoms with Gasteiger partial charge in [-0.3, -0.25) is 4.57 Å². The summed E-state index contributed by atoms with van der Waals surface area (Å²) < 4.78 is 1.94. The fraction of sp³-hybridized carbons (Fsp3) is 0.364. The van der Waals surface area contributed by atoms with Crippen molar-refractivity contribution in [2.24, 2.45) is 0 Å². The van der Waals surface area contributed by atoms with E-state index in [1.807, 2.05) is 37.6 Å². The Kier molecular flexibility index (Phi) is 2.85. The van der Waals surface area contributed by atoms with Crippen LogP contribution in [-0.4, -0.2) is 26.1 Å². The molecule has 0 aliphatic carbocycles. The van der Waals surface area contributed by atoms with Crippen molar-refractivity contribution in [2.75, 3.05) is 11.9 Å². The Labute approximate surface area is 94.6 Å². The molecule has 2 aromatic heterocycles. The van der Waals surface area contributed by atoms with Crippen LogP contribution in [0.15, 0.2) is 18.5 Å². The Morgan fingerprint density at radius 1 is 1.31 bits per heavy atom. The molecule has 2 aromatic rings. The number of aryl methyl sites for hydroxylation is 2. The van der Waals surface area contributed by atoms with Gasteiger partial charge in [0.2, 0.25) is 0 Å². The Bertz CT molecular complexity index is 489. The van der Waals surface area contributed by atoms with Crippen molar-refractivity contribution in [2.45, 2.75) is 20.8 Å². The maximum absolute atomic E-state index is 4.39. The van der Waals surface area contributed by atoms with Crippen molar-refractivity contribution < 1.29 is 0 Å². The zero-order valence-corrected chi connectivity index (χ0v) is 9.73. The number of imidazole rings is 1. The van der Waals surface area contributed by atoms with Crippen molar-refractivity contribution in [3.05, 3.63) is 30.1 Å². The van der Waals surface area contributed by atoms with Gasteiger partial charge < -0.3 is 5.32 Å². The number of aromatic nitrogens is 4. The molecule has 0 saturated carbocycles. The number of rotatable bonds is 3. The maximum atomic E-state index is 4.39. The van der Waals surface area contributed by atoms with Gasteiger partial charge in [0.1, 0.15) is 23.3 Å². The third kappa shape index (κ3) is 2.03. The predicted molar refractivity (Wildman–Crippen MR) is 62.8 cm³/mol. The Balaban J connectivity index is 2.45. The molecule has 0 atom stereocenters. The second-order valence-corrected chi connectivity index (χ2v) is 3.53. The lowest BCUT2D eigenvalue weighted by molar-refractivity contribution is 0.898. The number of nitrogens with zero attached hydrogens (tertiary/aromatic N) is 4. The fourth-order valence-electron chi connectivity index (χ4n) is 1.57. The molecule has 2 heterocycles. The average molecular weight is 217 g/mol. The molecule has 0 spiro atoms. The van der Waals surface area contributed by atoms with Crippen molar-refractivity contribution in [3.8, 4) is 5.82 Å². The van der Waals surface area contributed by atoms with E-state index in [4.69, 9.17) is 0 Å². The van der Waals surface area contributed by atoms with Crippen LogP contribution in [0.1, 0.15) is 18.6 Å². The standard InChI is InChI=1S/C11H15N5/c1-4-12-10-7-11(15-8(2)14-10)16-6-5-13-9(16)3/h5-7H,4H2,1-3H3,(H,12,14,15). The first kappa shape index (κ1) is 10.6. The summed E-state index contributed by atoms with van der Waals surface area (Å²) in [7, 11) is 0. The van der Waals surface area contributed by atoms with Crippen LogP contribution < -0.4 is 5.32 Å². The van der Waals surface area contributed by atoms with E-state index in [1.165, 1.54) is 0 Å². The Morgan fingerprint density at radius 2 is 2.12 bits per heavy atom. The van der Waals surface area contributed by atoms with E-state index < -0.39 is 0 Å². The maximum Gasteiger partial charge on any atom is 0.143 e. The van der Waals surface area contributed by atoms with Gasteiger partial charge in [0.15, 0.2) is 0 Å². The summed E-state index contributed by atoms with van der Waals surface area (Å²) in [6, 6.07) is 1.92. The van der Waals surface area contributed by atoms with Crippen molar-refractivity contribution in [3.63, 3.8) is 0 Å². The number of nitrogens with one attached hydrogen (secondary N) is 1. The van der Waals surface area contributed by atoms with Gasteiger partial charge in [-0.1, -0.05) is 0 Å². The molecular formula is C11H15N5. The zero-order valence-electron chi connectivity index (χ0n) is 9.73. The minimum atomic E-state index is 0.751. The topological polar surface area (TPSA) is 55.6 Å². The highest BCUT2D eigenvalue weighted by Crippen LogP contribution is 2.12. The summed E-state index contributed by atoms with van der Waals surface area (Å²) in [6.45, 7) is 6.72. The molecule has 0 aliphatic rings. The van der Waals surface area contributed by atoms with Crippen LogP contribution in [0.4, 0.5) is 5.82 Å². The van der Waals surface area contributed by atoms with Gasteiger partial charge in [0.05, 0.1) is 0 Å². The van der Waals surface area contributed by atoms with Gasteiger partial charge in [0.25, 0.3) is 0 Å². The molecule has 0 bridgehead atoms. The lowest BCUT2D eigenvalue weighted by Crippen LogP contribution is -2.06. The third-order valence-corrected chi connectivity index (χ3v) is 2.25. The molecule has 0 amide bonds. The highest BCUT2D eigenvalue weighted by molar-refractivity contribution is 5.42. The summed E-state index contributed by atoms with van der Waals surface area (Å²) in [5.41, 5.74) is 0. The first-order chi connectivity index (χ1) is 7.70. The van der Waals surface area contributed by atoms with Crippen LogP contribution in [0.2, 0.25) is 0 Å². The summed E-state index contributed by atoms with van der Waals surface area (Å²) in [6.07, 6.45) is 3.66. The van der Waals surface area contributed by atoms with E-state index in [0.717, 1.165) is 29.8 Å². The van der Waals surface area contributed by atoms with Crippen molar-refractivity contribution in [1.82, 2.24) is 19.5 Å². The van der Waals surface area contributed by atoms with E-state index in [0.29, 0.717) is 0 Å². The third-order valence-electron chi connectivity index (χ3n) is 2.25. The normalized spacial score (nSPS) is 10.4. The van der Waals surface area contributed by atoms with Gasteiger partial charge >= 0.3 is 0 Å². The minimum absolute atomic E-state index is 0.751. The van der Waals surface area contributed by atoms with Crippen LogP contribution in [0, 0.1) is 13.8 Å². The van der Waals surface area contributed by atoms with Gasteiger partial charge in [0, 0.05) is 25.0 Å². The second-order valence-electron chi connectivity index (χ2n) is 3.53. The van der Waals surface area contributed by atoms with Gasteiger partial charge in [-0.25, -0.2) is 15.0 Å². The largest absolute Gasteiger partial charge is 0.370 e. The monoisotopic (exact) mass is 217 g/mol. The highest BCUT2D eigenvalue weighted by Gasteiger charge is 2.05. The van der Waals surface area contributed by atoms with E-state index in [-0.39, 0.29) is 0 Å². The molecule has 84 valence electrons. The average Bonchev–Trinajstić information content (AvgIpc) is 2.64. The molecule has 2 rings (SSSR count). The Hall–Kier alpha value is -1.91. The lowest BCUT2D eigenvalue weighted by Gasteiger charge is -2.08. The fourth-order valence-corrected chi connectivity index (χ4v) is 1.57. The van der Waals surface area contributed by atoms with Crippen LogP contribution in [0.5, 0.6) is 0 Å².